The number of hydrogen-bond acceptors (Lipinski definition) is 0. The SMILES string of the molecule is C=CC(C)CCC(C)(C)CC. The van der Waals surface area contributed by atoms with Crippen LogP contribution in [0.1, 0.15) is 47.0 Å². The molecule has 0 aromatic rings. The van der Waals surface area contributed by atoms with Gasteiger partial charge in [-0.3, -0.25) is 0 Å². The molecule has 0 aliphatic rings. The minimum Gasteiger partial charge on any atom is -0.103 e. The largest absolute Gasteiger partial charge is 0.103 e. The average molecular weight is 154 g/mol. The van der Waals surface area contributed by atoms with Crippen LogP contribution in [0.5, 0.6) is 0 Å². The smallest absolute Gasteiger partial charge is 0.0264 e. The van der Waals surface area contributed by atoms with Crippen LogP contribution in [0, 0.1) is 11.3 Å². The van der Waals surface area contributed by atoms with Crippen LogP contribution in [-0.4, -0.2) is 0 Å². The van der Waals surface area contributed by atoms with E-state index in [1.165, 1.54) is 19.3 Å². The maximum absolute atomic E-state index is 3.79. The summed E-state index contributed by atoms with van der Waals surface area (Å²) in [6.07, 6.45) is 5.92. The van der Waals surface area contributed by atoms with Gasteiger partial charge in [0.05, 0.1) is 0 Å². The van der Waals surface area contributed by atoms with E-state index in [1.54, 1.807) is 0 Å². The fourth-order valence-corrected chi connectivity index (χ4v) is 0.913. The highest BCUT2D eigenvalue weighted by Crippen LogP contribution is 2.28. The summed E-state index contributed by atoms with van der Waals surface area (Å²) in [5.41, 5.74) is 0.525. The molecule has 0 amide bonds. The third kappa shape index (κ3) is 5.06. The molecule has 0 bridgehead atoms. The molecule has 0 spiro atoms. The van der Waals surface area contributed by atoms with Gasteiger partial charge in [0, 0.05) is 0 Å². The van der Waals surface area contributed by atoms with Gasteiger partial charge in [0.2, 0.25) is 0 Å². The fourth-order valence-electron chi connectivity index (χ4n) is 0.913. The summed E-state index contributed by atoms with van der Waals surface area (Å²) < 4.78 is 0. The molecule has 66 valence electrons. The Balaban J connectivity index is 3.60. The van der Waals surface area contributed by atoms with Crippen molar-refractivity contribution in [3.8, 4) is 0 Å². The second-order valence-corrected chi connectivity index (χ2v) is 4.27. The zero-order chi connectivity index (χ0) is 8.91. The Morgan fingerprint density at radius 2 is 2.00 bits per heavy atom. The molecule has 0 heterocycles. The third-order valence-electron chi connectivity index (χ3n) is 2.64. The molecule has 0 aromatic heterocycles. The van der Waals surface area contributed by atoms with Gasteiger partial charge in [-0.15, -0.1) is 6.58 Å². The predicted octanol–water partition coefficient (Wildman–Crippen LogP) is 4.02. The first kappa shape index (κ1) is 10.7. The van der Waals surface area contributed by atoms with Crippen molar-refractivity contribution in [1.82, 2.24) is 0 Å². The maximum atomic E-state index is 3.79. The van der Waals surface area contributed by atoms with Gasteiger partial charge in [-0.25, -0.2) is 0 Å². The van der Waals surface area contributed by atoms with Gasteiger partial charge in [-0.1, -0.05) is 40.2 Å². The lowest BCUT2D eigenvalue weighted by Gasteiger charge is -2.23. The van der Waals surface area contributed by atoms with E-state index in [2.05, 4.69) is 34.3 Å². The van der Waals surface area contributed by atoms with Gasteiger partial charge in [-0.2, -0.15) is 0 Å². The van der Waals surface area contributed by atoms with E-state index in [-0.39, 0.29) is 0 Å². The molecule has 0 aliphatic carbocycles. The van der Waals surface area contributed by atoms with E-state index < -0.39 is 0 Å². The van der Waals surface area contributed by atoms with Gasteiger partial charge in [0.15, 0.2) is 0 Å². The minimum atomic E-state index is 0.525. The monoisotopic (exact) mass is 154 g/mol. The number of allylic oxidation sites excluding steroid dienone is 1. The summed E-state index contributed by atoms with van der Waals surface area (Å²) in [5.74, 6) is 0.681. The zero-order valence-corrected chi connectivity index (χ0v) is 8.48. The van der Waals surface area contributed by atoms with Crippen LogP contribution < -0.4 is 0 Å². The molecule has 0 fully saturated rings. The Morgan fingerprint density at radius 3 is 2.36 bits per heavy atom. The average Bonchev–Trinajstić information content (AvgIpc) is 2.00. The first-order valence-electron chi connectivity index (χ1n) is 4.64. The molecular formula is C11H22. The summed E-state index contributed by atoms with van der Waals surface area (Å²) in [4.78, 5) is 0. The summed E-state index contributed by atoms with van der Waals surface area (Å²) >= 11 is 0. The molecule has 11 heavy (non-hydrogen) atoms. The van der Waals surface area contributed by atoms with Crippen molar-refractivity contribution in [2.45, 2.75) is 47.0 Å². The second-order valence-electron chi connectivity index (χ2n) is 4.27. The van der Waals surface area contributed by atoms with E-state index in [1.807, 2.05) is 6.08 Å². The highest BCUT2D eigenvalue weighted by Gasteiger charge is 2.14. The van der Waals surface area contributed by atoms with Crippen molar-refractivity contribution in [2.75, 3.05) is 0 Å². The molecule has 0 nitrogen and oxygen atoms in total. The van der Waals surface area contributed by atoms with E-state index in [0.29, 0.717) is 11.3 Å². The van der Waals surface area contributed by atoms with Crippen LogP contribution in [0.3, 0.4) is 0 Å². The van der Waals surface area contributed by atoms with Gasteiger partial charge in [-0.05, 0) is 24.2 Å². The lowest BCUT2D eigenvalue weighted by Crippen LogP contribution is -2.10. The lowest BCUT2D eigenvalue weighted by atomic mass is 9.83. The summed E-state index contributed by atoms with van der Waals surface area (Å²) in [7, 11) is 0. The van der Waals surface area contributed by atoms with Gasteiger partial charge < -0.3 is 0 Å². The van der Waals surface area contributed by atoms with Gasteiger partial charge >= 0.3 is 0 Å². The highest BCUT2D eigenvalue weighted by atomic mass is 14.2. The van der Waals surface area contributed by atoms with Crippen LogP contribution in [0.15, 0.2) is 12.7 Å². The molecule has 0 heteroatoms. The predicted molar refractivity (Wildman–Crippen MR) is 52.7 cm³/mol. The molecule has 0 aromatic carbocycles. The number of hydrogen-bond donors (Lipinski definition) is 0. The quantitative estimate of drug-likeness (QED) is 0.524. The first-order chi connectivity index (χ1) is 5.02. The summed E-state index contributed by atoms with van der Waals surface area (Å²) in [6, 6.07) is 0. The van der Waals surface area contributed by atoms with Crippen LogP contribution in [0.2, 0.25) is 0 Å². The zero-order valence-electron chi connectivity index (χ0n) is 8.48. The Labute approximate surface area is 71.7 Å². The Bertz CT molecular complexity index is 111. The van der Waals surface area contributed by atoms with E-state index in [4.69, 9.17) is 0 Å². The standard InChI is InChI=1S/C11H22/c1-6-10(3)8-9-11(4,5)7-2/h6,10H,1,7-9H2,2-5H3. The van der Waals surface area contributed by atoms with Crippen molar-refractivity contribution >= 4 is 0 Å². The molecule has 1 unspecified atom stereocenters. The van der Waals surface area contributed by atoms with E-state index in [0.717, 1.165) is 0 Å². The summed E-state index contributed by atoms with van der Waals surface area (Å²) in [5, 5.41) is 0. The van der Waals surface area contributed by atoms with Crippen molar-refractivity contribution in [3.63, 3.8) is 0 Å². The summed E-state index contributed by atoms with van der Waals surface area (Å²) in [6.45, 7) is 13.0. The number of rotatable bonds is 5. The van der Waals surface area contributed by atoms with Crippen LogP contribution in [0.4, 0.5) is 0 Å². The highest BCUT2D eigenvalue weighted by molar-refractivity contribution is 4.77. The molecule has 1 atom stereocenters. The Kier molecular flexibility index (Phi) is 4.48. The van der Waals surface area contributed by atoms with Gasteiger partial charge in [0.1, 0.15) is 0 Å². The van der Waals surface area contributed by atoms with Crippen molar-refractivity contribution in [3.05, 3.63) is 12.7 Å². The normalized spacial score (nSPS) is 14.5. The van der Waals surface area contributed by atoms with Crippen LogP contribution in [0.25, 0.3) is 0 Å². The van der Waals surface area contributed by atoms with Crippen LogP contribution in [-0.2, 0) is 0 Å². The molecule has 0 N–H and O–H groups in total. The molecule has 0 rings (SSSR count). The first-order valence-corrected chi connectivity index (χ1v) is 4.64. The van der Waals surface area contributed by atoms with E-state index in [9.17, 15) is 0 Å². The molecule has 0 saturated heterocycles. The van der Waals surface area contributed by atoms with Crippen molar-refractivity contribution in [1.29, 1.82) is 0 Å². The fraction of sp³-hybridized carbons (Fsp3) is 0.818. The molecule has 0 radical (unpaired) electrons. The van der Waals surface area contributed by atoms with Crippen molar-refractivity contribution in [2.24, 2.45) is 11.3 Å². The lowest BCUT2D eigenvalue weighted by molar-refractivity contribution is 0.299. The van der Waals surface area contributed by atoms with E-state index >= 15 is 0 Å². The maximum Gasteiger partial charge on any atom is -0.0264 e. The Morgan fingerprint density at radius 1 is 1.45 bits per heavy atom. The molecule has 0 aliphatic heterocycles. The topological polar surface area (TPSA) is 0 Å². The molecular weight excluding hydrogens is 132 g/mol. The second kappa shape index (κ2) is 4.58. The Hall–Kier alpha value is -0.260. The van der Waals surface area contributed by atoms with Gasteiger partial charge in [0.25, 0.3) is 0 Å². The minimum absolute atomic E-state index is 0.525. The van der Waals surface area contributed by atoms with Crippen molar-refractivity contribution < 1.29 is 0 Å². The molecule has 0 saturated carbocycles. The third-order valence-corrected chi connectivity index (χ3v) is 2.64. The van der Waals surface area contributed by atoms with Crippen LogP contribution >= 0.6 is 0 Å².